The number of benzene rings is 1. The van der Waals surface area contributed by atoms with Crippen LogP contribution in [0.15, 0.2) is 18.2 Å². The van der Waals surface area contributed by atoms with Gasteiger partial charge < -0.3 is 10.6 Å². The van der Waals surface area contributed by atoms with Crippen molar-refractivity contribution in [3.05, 3.63) is 35.4 Å². The van der Waals surface area contributed by atoms with Crippen molar-refractivity contribution in [2.24, 2.45) is 5.92 Å². The first-order chi connectivity index (χ1) is 8.63. The summed E-state index contributed by atoms with van der Waals surface area (Å²) in [6.45, 7) is 1.24. The molecule has 2 N–H and O–H groups in total. The first-order valence-corrected chi connectivity index (χ1v) is 6.00. The van der Waals surface area contributed by atoms with E-state index in [9.17, 15) is 13.6 Å². The fourth-order valence-corrected chi connectivity index (χ4v) is 2.07. The summed E-state index contributed by atoms with van der Waals surface area (Å²) < 4.78 is 26.5. The Labute approximate surface area is 117 Å². The number of amides is 1. The number of hydrogen-bond donors (Lipinski definition) is 2. The van der Waals surface area contributed by atoms with Gasteiger partial charge in [-0.25, -0.2) is 8.78 Å². The lowest BCUT2D eigenvalue weighted by Crippen LogP contribution is -2.31. The molecule has 1 aromatic rings. The second-order valence-electron chi connectivity index (χ2n) is 4.51. The van der Waals surface area contributed by atoms with Gasteiger partial charge in [-0.2, -0.15) is 0 Å². The minimum atomic E-state index is -0.465. The van der Waals surface area contributed by atoms with E-state index >= 15 is 0 Å². The summed E-state index contributed by atoms with van der Waals surface area (Å²) in [5.74, 6) is -1.40. The quantitative estimate of drug-likeness (QED) is 0.812. The molecule has 0 saturated heterocycles. The van der Waals surface area contributed by atoms with E-state index in [-0.39, 0.29) is 30.2 Å². The van der Waals surface area contributed by atoms with Crippen LogP contribution in [-0.4, -0.2) is 26.0 Å². The van der Waals surface area contributed by atoms with Crippen LogP contribution < -0.4 is 10.6 Å². The molecule has 0 aromatic heterocycles. The van der Waals surface area contributed by atoms with Crippen molar-refractivity contribution in [2.45, 2.75) is 12.3 Å². The van der Waals surface area contributed by atoms with Crippen LogP contribution in [0.2, 0.25) is 0 Å². The molecule has 0 aliphatic heterocycles. The van der Waals surface area contributed by atoms with Gasteiger partial charge in [-0.15, -0.1) is 12.4 Å². The Morgan fingerprint density at radius 3 is 2.79 bits per heavy atom. The maximum atomic E-state index is 13.5. The maximum absolute atomic E-state index is 13.5. The first-order valence-electron chi connectivity index (χ1n) is 6.00. The molecule has 1 aliphatic carbocycles. The van der Waals surface area contributed by atoms with Gasteiger partial charge >= 0.3 is 0 Å². The fraction of sp³-hybridized carbons (Fsp3) is 0.462. The molecule has 0 radical (unpaired) electrons. The van der Waals surface area contributed by atoms with Crippen molar-refractivity contribution in [1.29, 1.82) is 0 Å². The standard InChI is InChI=1S/C13H16F2N2O.ClH/c1-16-4-5-17-13(18)11-7-9(11)10-6-8(14)2-3-12(10)15;/h2-3,6,9,11,16H,4-5,7H2,1H3,(H,17,18);1H. The van der Waals surface area contributed by atoms with Crippen LogP contribution in [0.5, 0.6) is 0 Å². The van der Waals surface area contributed by atoms with Gasteiger partial charge in [-0.3, -0.25) is 4.79 Å². The summed E-state index contributed by atoms with van der Waals surface area (Å²) in [5, 5.41) is 5.68. The minimum Gasteiger partial charge on any atom is -0.355 e. The Bertz CT molecular complexity index is 456. The van der Waals surface area contributed by atoms with Gasteiger partial charge in [0.1, 0.15) is 11.6 Å². The monoisotopic (exact) mass is 290 g/mol. The van der Waals surface area contributed by atoms with E-state index in [1.54, 1.807) is 7.05 Å². The van der Waals surface area contributed by atoms with Crippen LogP contribution >= 0.6 is 12.4 Å². The second kappa shape index (κ2) is 6.82. The molecule has 1 aromatic carbocycles. The molecule has 3 nitrogen and oxygen atoms in total. The molecular formula is C13H17ClF2N2O. The molecular weight excluding hydrogens is 274 g/mol. The summed E-state index contributed by atoms with van der Waals surface area (Å²) in [4.78, 5) is 11.7. The third-order valence-electron chi connectivity index (χ3n) is 3.16. The molecule has 2 rings (SSSR count). The van der Waals surface area contributed by atoms with E-state index in [4.69, 9.17) is 0 Å². The zero-order valence-electron chi connectivity index (χ0n) is 10.6. The highest BCUT2D eigenvalue weighted by Crippen LogP contribution is 2.48. The predicted octanol–water partition coefficient (Wildman–Crippen LogP) is 1.83. The van der Waals surface area contributed by atoms with E-state index in [0.29, 0.717) is 25.1 Å². The molecule has 0 bridgehead atoms. The van der Waals surface area contributed by atoms with Crippen molar-refractivity contribution in [3.8, 4) is 0 Å². The third-order valence-corrected chi connectivity index (χ3v) is 3.16. The van der Waals surface area contributed by atoms with Crippen molar-refractivity contribution in [3.63, 3.8) is 0 Å². The summed E-state index contributed by atoms with van der Waals surface area (Å²) in [6.07, 6.45) is 0.589. The number of halogens is 3. The minimum absolute atomic E-state index is 0. The van der Waals surface area contributed by atoms with Gasteiger partial charge in [-0.1, -0.05) is 0 Å². The van der Waals surface area contributed by atoms with Crippen LogP contribution in [0.1, 0.15) is 17.9 Å². The lowest BCUT2D eigenvalue weighted by Gasteiger charge is -2.05. The van der Waals surface area contributed by atoms with E-state index in [0.717, 1.165) is 12.1 Å². The molecule has 1 fully saturated rings. The molecule has 0 spiro atoms. The number of nitrogens with one attached hydrogen (secondary N) is 2. The summed E-state index contributed by atoms with van der Waals surface area (Å²) >= 11 is 0. The molecule has 2 atom stereocenters. The number of likely N-dealkylation sites (N-methyl/N-ethyl adjacent to an activating group) is 1. The lowest BCUT2D eigenvalue weighted by molar-refractivity contribution is -0.122. The van der Waals surface area contributed by atoms with E-state index < -0.39 is 11.6 Å². The van der Waals surface area contributed by atoms with Crippen molar-refractivity contribution < 1.29 is 13.6 Å². The molecule has 106 valence electrons. The topological polar surface area (TPSA) is 41.1 Å². The Morgan fingerprint density at radius 1 is 1.37 bits per heavy atom. The van der Waals surface area contributed by atoms with Crippen LogP contribution in [0, 0.1) is 17.6 Å². The van der Waals surface area contributed by atoms with Crippen molar-refractivity contribution in [2.75, 3.05) is 20.1 Å². The lowest BCUT2D eigenvalue weighted by atomic mass is 10.1. The number of carbonyl (C=O) groups excluding carboxylic acids is 1. The van der Waals surface area contributed by atoms with Crippen LogP contribution in [0.25, 0.3) is 0 Å². The first kappa shape index (κ1) is 15.9. The average molecular weight is 291 g/mol. The highest BCUT2D eigenvalue weighted by Gasteiger charge is 2.45. The Balaban J connectivity index is 0.00000180. The highest BCUT2D eigenvalue weighted by molar-refractivity contribution is 5.85. The summed E-state index contributed by atoms with van der Waals surface area (Å²) in [6, 6.07) is 3.38. The van der Waals surface area contributed by atoms with E-state index in [1.807, 2.05) is 0 Å². The average Bonchev–Trinajstić information content (AvgIpc) is 3.12. The Morgan fingerprint density at radius 2 is 2.11 bits per heavy atom. The van der Waals surface area contributed by atoms with E-state index in [2.05, 4.69) is 10.6 Å². The zero-order chi connectivity index (χ0) is 13.1. The normalized spacial score (nSPS) is 20.6. The van der Waals surface area contributed by atoms with Gasteiger partial charge in [-0.05, 0) is 43.1 Å². The van der Waals surface area contributed by atoms with Crippen molar-refractivity contribution >= 4 is 18.3 Å². The number of carbonyl (C=O) groups is 1. The van der Waals surface area contributed by atoms with Gasteiger partial charge in [0.2, 0.25) is 5.91 Å². The molecule has 1 aliphatic rings. The van der Waals surface area contributed by atoms with Crippen molar-refractivity contribution in [1.82, 2.24) is 10.6 Å². The summed E-state index contributed by atoms with van der Waals surface area (Å²) in [5.41, 5.74) is 0.309. The van der Waals surface area contributed by atoms with Gasteiger partial charge in [0, 0.05) is 19.0 Å². The van der Waals surface area contributed by atoms with Crippen LogP contribution in [-0.2, 0) is 4.79 Å². The molecule has 6 heteroatoms. The second-order valence-corrected chi connectivity index (χ2v) is 4.51. The predicted molar refractivity (Wildman–Crippen MR) is 71.4 cm³/mol. The SMILES string of the molecule is CNCCNC(=O)C1CC1c1cc(F)ccc1F.Cl. The van der Waals surface area contributed by atoms with Gasteiger partial charge in [0.25, 0.3) is 0 Å². The largest absolute Gasteiger partial charge is 0.355 e. The maximum Gasteiger partial charge on any atom is 0.223 e. The van der Waals surface area contributed by atoms with Crippen LogP contribution in [0.4, 0.5) is 8.78 Å². The molecule has 19 heavy (non-hydrogen) atoms. The van der Waals surface area contributed by atoms with Gasteiger partial charge in [0.15, 0.2) is 0 Å². The molecule has 1 saturated carbocycles. The Hall–Kier alpha value is -1.20. The van der Waals surface area contributed by atoms with Crippen LogP contribution in [0.3, 0.4) is 0 Å². The Kier molecular flexibility index (Phi) is 5.69. The summed E-state index contributed by atoms with van der Waals surface area (Å²) in [7, 11) is 1.80. The number of hydrogen-bond acceptors (Lipinski definition) is 2. The fourth-order valence-electron chi connectivity index (χ4n) is 2.07. The molecule has 2 unspecified atom stereocenters. The third kappa shape index (κ3) is 3.88. The smallest absolute Gasteiger partial charge is 0.223 e. The highest BCUT2D eigenvalue weighted by atomic mass is 35.5. The molecule has 0 heterocycles. The molecule has 1 amide bonds. The van der Waals surface area contributed by atoms with E-state index in [1.165, 1.54) is 6.07 Å². The number of rotatable bonds is 5. The zero-order valence-corrected chi connectivity index (χ0v) is 11.4. The van der Waals surface area contributed by atoms with Gasteiger partial charge in [0.05, 0.1) is 0 Å².